The van der Waals surface area contributed by atoms with Crippen LogP contribution in [0.5, 0.6) is 0 Å². The van der Waals surface area contributed by atoms with Gasteiger partial charge in [0.1, 0.15) is 5.82 Å². The van der Waals surface area contributed by atoms with Gasteiger partial charge in [0.25, 0.3) is 5.56 Å². The summed E-state index contributed by atoms with van der Waals surface area (Å²) in [5, 5.41) is 0. The van der Waals surface area contributed by atoms with Crippen molar-refractivity contribution in [3.8, 4) is 11.4 Å². The first-order valence-electron chi connectivity index (χ1n) is 10.9. The predicted octanol–water partition coefficient (Wildman–Crippen LogP) is 2.99. The molecule has 2 aromatic heterocycles. The second-order valence-electron chi connectivity index (χ2n) is 8.70. The first-order valence-corrected chi connectivity index (χ1v) is 10.9. The first kappa shape index (κ1) is 25.0. The van der Waals surface area contributed by atoms with Crippen LogP contribution in [0.25, 0.3) is 11.4 Å². The van der Waals surface area contributed by atoms with E-state index in [1.165, 1.54) is 5.56 Å². The van der Waals surface area contributed by atoms with E-state index in [0.717, 1.165) is 18.5 Å². The van der Waals surface area contributed by atoms with Crippen LogP contribution < -0.4 is 11.3 Å². The lowest BCUT2D eigenvalue weighted by Gasteiger charge is -2.43. The molecule has 9 heteroatoms. The molecule has 0 saturated carbocycles. The summed E-state index contributed by atoms with van der Waals surface area (Å²) in [6, 6.07) is 13.5. The molecule has 2 aliphatic heterocycles. The monoisotopic (exact) mass is 489 g/mol. The topological polar surface area (TPSA) is 97.0 Å². The van der Waals surface area contributed by atoms with Crippen molar-refractivity contribution in [3.05, 3.63) is 76.5 Å². The van der Waals surface area contributed by atoms with E-state index in [4.69, 9.17) is 5.73 Å². The fourth-order valence-electron chi connectivity index (χ4n) is 5.04. The number of nitrogens with zero attached hydrogens (tertiary/aromatic N) is 3. The largest absolute Gasteiger partial charge is 0.344 e. The van der Waals surface area contributed by atoms with Crippen LogP contribution >= 0.6 is 24.8 Å². The van der Waals surface area contributed by atoms with Crippen LogP contribution in [-0.4, -0.2) is 44.5 Å². The number of aromatic nitrogens is 3. The number of pyridine rings is 1. The predicted molar refractivity (Wildman–Crippen MR) is 133 cm³/mol. The number of hydrogen-bond acceptors (Lipinski definition) is 4. The number of amides is 1. The molecule has 1 saturated heterocycles. The van der Waals surface area contributed by atoms with Crippen molar-refractivity contribution in [2.24, 2.45) is 11.7 Å². The van der Waals surface area contributed by atoms with Gasteiger partial charge in [0, 0.05) is 43.6 Å². The number of rotatable bonds is 5. The van der Waals surface area contributed by atoms with Crippen molar-refractivity contribution >= 4 is 30.7 Å². The number of hydrogen-bond donors (Lipinski definition) is 2. The summed E-state index contributed by atoms with van der Waals surface area (Å²) in [5.41, 5.74) is 9.06. The fraction of sp³-hybridized carbons (Fsp3) is 0.375. The third-order valence-corrected chi connectivity index (χ3v) is 6.57. The highest BCUT2D eigenvalue weighted by atomic mass is 35.5. The van der Waals surface area contributed by atoms with Gasteiger partial charge < -0.3 is 20.2 Å². The lowest BCUT2D eigenvalue weighted by molar-refractivity contribution is -0.135. The minimum Gasteiger partial charge on any atom is -0.344 e. The van der Waals surface area contributed by atoms with E-state index in [-0.39, 0.29) is 48.1 Å². The number of piperidine rings is 1. The Balaban J connectivity index is 0.00000153. The van der Waals surface area contributed by atoms with Crippen molar-refractivity contribution in [2.75, 3.05) is 13.1 Å². The van der Waals surface area contributed by atoms with E-state index in [2.05, 4.69) is 22.1 Å². The van der Waals surface area contributed by atoms with Gasteiger partial charge in [-0.15, -0.1) is 24.8 Å². The zero-order valence-corrected chi connectivity index (χ0v) is 19.9. The maximum atomic E-state index is 13.1. The average Bonchev–Trinajstić information content (AvgIpc) is 3.33. The number of carbonyl (C=O) groups excluding carboxylic acids is 1. The molecule has 4 heterocycles. The maximum absolute atomic E-state index is 13.1. The minimum atomic E-state index is -0.498. The normalized spacial score (nSPS) is 19.6. The molecular formula is C24H29Cl2N5O2. The Morgan fingerprint density at radius 1 is 1.12 bits per heavy atom. The Labute approximate surface area is 205 Å². The first-order chi connectivity index (χ1) is 15.1. The summed E-state index contributed by atoms with van der Waals surface area (Å²) in [6.45, 7) is 1.90. The molecule has 3 atom stereocenters. The number of halogens is 2. The zero-order chi connectivity index (χ0) is 21.4. The number of imidazole rings is 1. The molecule has 3 N–H and O–H groups in total. The molecule has 1 fully saturated rings. The Hall–Kier alpha value is -2.61. The molecule has 7 nitrogen and oxygen atoms in total. The SMILES string of the molecule is Cl.Cl.N[C@@H](CCc1ccccc1)C(=O)N1C[C@@H]2C[C@H](C1)c1ccc(-c3ncc[nH]3)c(=O)n1C2. The summed E-state index contributed by atoms with van der Waals surface area (Å²) in [6.07, 6.45) is 5.80. The Morgan fingerprint density at radius 3 is 2.64 bits per heavy atom. The third-order valence-electron chi connectivity index (χ3n) is 6.57. The smallest absolute Gasteiger partial charge is 0.261 e. The van der Waals surface area contributed by atoms with E-state index in [0.29, 0.717) is 37.4 Å². The van der Waals surface area contributed by atoms with Crippen molar-refractivity contribution in [1.82, 2.24) is 19.4 Å². The molecule has 33 heavy (non-hydrogen) atoms. The van der Waals surface area contributed by atoms with E-state index in [1.54, 1.807) is 12.4 Å². The van der Waals surface area contributed by atoms with Crippen LogP contribution in [0.4, 0.5) is 0 Å². The highest BCUT2D eigenvalue weighted by Gasteiger charge is 2.37. The lowest BCUT2D eigenvalue weighted by Crippen LogP contribution is -2.53. The molecule has 5 rings (SSSR count). The Kier molecular flexibility index (Phi) is 8.00. The molecule has 1 aromatic carbocycles. The van der Waals surface area contributed by atoms with E-state index in [9.17, 15) is 9.59 Å². The molecule has 0 spiro atoms. The molecule has 3 aromatic rings. The van der Waals surface area contributed by atoms with Crippen molar-refractivity contribution in [2.45, 2.75) is 37.8 Å². The molecule has 2 bridgehead atoms. The number of aryl methyl sites for hydroxylation is 1. The van der Waals surface area contributed by atoms with Crippen molar-refractivity contribution in [1.29, 1.82) is 0 Å². The van der Waals surface area contributed by atoms with Crippen molar-refractivity contribution < 1.29 is 4.79 Å². The van der Waals surface area contributed by atoms with E-state index >= 15 is 0 Å². The van der Waals surface area contributed by atoms with Crippen LogP contribution in [0.2, 0.25) is 0 Å². The highest BCUT2D eigenvalue weighted by Crippen LogP contribution is 2.35. The van der Waals surface area contributed by atoms with Crippen LogP contribution in [-0.2, 0) is 17.8 Å². The van der Waals surface area contributed by atoms with Gasteiger partial charge in [-0.3, -0.25) is 9.59 Å². The number of nitrogens with two attached hydrogens (primary N) is 1. The Morgan fingerprint density at radius 2 is 1.91 bits per heavy atom. The molecule has 0 radical (unpaired) electrons. The third kappa shape index (κ3) is 5.00. The molecular weight excluding hydrogens is 461 g/mol. The molecule has 176 valence electrons. The summed E-state index contributed by atoms with van der Waals surface area (Å²) < 4.78 is 1.88. The molecule has 1 amide bonds. The maximum Gasteiger partial charge on any atom is 0.261 e. The van der Waals surface area contributed by atoms with Gasteiger partial charge in [-0.05, 0) is 42.9 Å². The second-order valence-corrected chi connectivity index (χ2v) is 8.70. The second kappa shape index (κ2) is 10.5. The number of carbonyl (C=O) groups is 1. The van der Waals surface area contributed by atoms with Crippen LogP contribution in [0.1, 0.15) is 30.0 Å². The van der Waals surface area contributed by atoms with E-state index < -0.39 is 6.04 Å². The number of likely N-dealkylation sites (tertiary alicyclic amines) is 1. The van der Waals surface area contributed by atoms with Gasteiger partial charge in [-0.25, -0.2) is 4.98 Å². The van der Waals surface area contributed by atoms with E-state index in [1.807, 2.05) is 39.8 Å². The number of fused-ring (bicyclic) bond motifs is 4. The van der Waals surface area contributed by atoms with Gasteiger partial charge in [0.2, 0.25) is 5.91 Å². The number of benzene rings is 1. The highest BCUT2D eigenvalue weighted by molar-refractivity contribution is 5.85. The van der Waals surface area contributed by atoms with Gasteiger partial charge >= 0.3 is 0 Å². The number of aromatic amines is 1. The van der Waals surface area contributed by atoms with Crippen LogP contribution in [0.15, 0.2) is 59.7 Å². The van der Waals surface area contributed by atoms with Gasteiger partial charge in [0.05, 0.1) is 11.6 Å². The molecule has 2 aliphatic rings. The van der Waals surface area contributed by atoms with Gasteiger partial charge in [-0.1, -0.05) is 30.3 Å². The van der Waals surface area contributed by atoms with Crippen molar-refractivity contribution in [3.63, 3.8) is 0 Å². The zero-order valence-electron chi connectivity index (χ0n) is 18.2. The van der Waals surface area contributed by atoms with Crippen LogP contribution in [0.3, 0.4) is 0 Å². The van der Waals surface area contributed by atoms with Gasteiger partial charge in [0.15, 0.2) is 0 Å². The Bertz CT molecular complexity index is 1130. The summed E-state index contributed by atoms with van der Waals surface area (Å²) in [7, 11) is 0. The number of nitrogens with one attached hydrogen (secondary N) is 1. The summed E-state index contributed by atoms with van der Waals surface area (Å²) in [5.74, 6) is 1.04. The lowest BCUT2D eigenvalue weighted by atomic mass is 9.82. The summed E-state index contributed by atoms with van der Waals surface area (Å²) >= 11 is 0. The average molecular weight is 490 g/mol. The quantitative estimate of drug-likeness (QED) is 0.575. The molecule has 0 aliphatic carbocycles. The number of H-pyrrole nitrogens is 1. The fourth-order valence-corrected chi connectivity index (χ4v) is 5.04. The summed E-state index contributed by atoms with van der Waals surface area (Å²) in [4.78, 5) is 35.3. The standard InChI is InChI=1S/C24H27N5O2.2ClH/c25-20(8-6-16-4-2-1-3-5-16)24(31)28-13-17-12-18(15-28)21-9-7-19(22-26-10-11-27-22)23(30)29(21)14-17;;/h1-5,7,9-11,17-18,20H,6,8,12-15,25H2,(H,26,27);2*1H/t17-,18+,20-;;/m0../s1. The van der Waals surface area contributed by atoms with Gasteiger partial charge in [-0.2, -0.15) is 0 Å². The van der Waals surface area contributed by atoms with Crippen LogP contribution in [0, 0.1) is 5.92 Å². The molecule has 0 unspecified atom stereocenters. The minimum absolute atomic E-state index is 0.